The molecule has 0 saturated carbocycles. The summed E-state index contributed by atoms with van der Waals surface area (Å²) in [7, 11) is 0. The van der Waals surface area contributed by atoms with E-state index in [1.54, 1.807) is 11.1 Å². The fourth-order valence-electron chi connectivity index (χ4n) is 4.76. The Morgan fingerprint density at radius 3 is 2.26 bits per heavy atom. The maximum Gasteiger partial charge on any atom is 0.0369 e. The zero-order valence-corrected chi connectivity index (χ0v) is 16.4. The van der Waals surface area contributed by atoms with Crippen LogP contribution in [0.2, 0.25) is 0 Å². The molecule has 130 valence electrons. The largest absolute Gasteiger partial charge is 0.372 e. The maximum atomic E-state index is 2.53. The van der Waals surface area contributed by atoms with Crippen LogP contribution >= 0.6 is 0 Å². The molecule has 3 unspecified atom stereocenters. The van der Waals surface area contributed by atoms with Gasteiger partial charge in [-0.15, -0.1) is 0 Å². The van der Waals surface area contributed by atoms with Gasteiger partial charge in [-0.3, -0.25) is 0 Å². The van der Waals surface area contributed by atoms with Crippen LogP contribution in [0.4, 0.5) is 5.69 Å². The van der Waals surface area contributed by atoms with E-state index in [0.29, 0.717) is 0 Å². The van der Waals surface area contributed by atoms with Gasteiger partial charge in [-0.05, 0) is 72.6 Å². The van der Waals surface area contributed by atoms with Gasteiger partial charge in [0.1, 0.15) is 0 Å². The number of hydrogen-bond acceptors (Lipinski definition) is 1. The molecular weight excluding hydrogens is 278 g/mol. The Bertz CT molecular complexity index is 503. The van der Waals surface area contributed by atoms with Gasteiger partial charge in [-0.1, -0.05) is 47.6 Å². The molecule has 1 nitrogen and oxygen atoms in total. The molecule has 3 atom stereocenters. The molecule has 0 radical (unpaired) electrons. The lowest BCUT2D eigenvalue weighted by Crippen LogP contribution is -2.23. The SMILES string of the molecule is CCCN(CC)c1ccc2c(c1)C(CC(C)C)C(C)C2C(C)C. The van der Waals surface area contributed by atoms with Crippen LogP contribution in [-0.4, -0.2) is 13.1 Å². The van der Waals surface area contributed by atoms with Gasteiger partial charge in [-0.2, -0.15) is 0 Å². The maximum absolute atomic E-state index is 2.53. The molecule has 0 aromatic heterocycles. The molecule has 1 aromatic carbocycles. The monoisotopic (exact) mass is 315 g/mol. The summed E-state index contributed by atoms with van der Waals surface area (Å²) in [6, 6.07) is 7.35. The van der Waals surface area contributed by atoms with Crippen LogP contribution in [0.1, 0.15) is 84.3 Å². The van der Waals surface area contributed by atoms with Crippen LogP contribution in [0, 0.1) is 17.8 Å². The lowest BCUT2D eigenvalue weighted by molar-refractivity contribution is 0.320. The van der Waals surface area contributed by atoms with Gasteiger partial charge in [0.05, 0.1) is 0 Å². The molecule has 1 aliphatic carbocycles. The van der Waals surface area contributed by atoms with Gasteiger partial charge in [0.25, 0.3) is 0 Å². The number of fused-ring (bicyclic) bond motifs is 1. The lowest BCUT2D eigenvalue weighted by Gasteiger charge is -2.25. The molecule has 0 heterocycles. The number of anilines is 1. The molecule has 0 N–H and O–H groups in total. The zero-order valence-electron chi connectivity index (χ0n) is 16.4. The Kier molecular flexibility index (Phi) is 6.17. The van der Waals surface area contributed by atoms with E-state index in [9.17, 15) is 0 Å². The summed E-state index contributed by atoms with van der Waals surface area (Å²) in [5, 5.41) is 0. The number of rotatable bonds is 7. The summed E-state index contributed by atoms with van der Waals surface area (Å²) < 4.78 is 0. The minimum absolute atomic E-state index is 0.726. The molecule has 0 spiro atoms. The van der Waals surface area contributed by atoms with Crippen molar-refractivity contribution in [2.75, 3.05) is 18.0 Å². The molecule has 1 aliphatic rings. The van der Waals surface area contributed by atoms with Crippen LogP contribution in [0.5, 0.6) is 0 Å². The van der Waals surface area contributed by atoms with Crippen molar-refractivity contribution in [2.45, 2.75) is 73.1 Å². The van der Waals surface area contributed by atoms with Gasteiger partial charge in [0.2, 0.25) is 0 Å². The van der Waals surface area contributed by atoms with Crippen molar-refractivity contribution in [2.24, 2.45) is 17.8 Å². The van der Waals surface area contributed by atoms with Gasteiger partial charge < -0.3 is 4.90 Å². The molecular formula is C22H37N. The highest BCUT2D eigenvalue weighted by Gasteiger charge is 2.39. The third kappa shape index (κ3) is 3.75. The Hall–Kier alpha value is -0.980. The molecule has 1 aromatic rings. The Morgan fingerprint density at radius 1 is 1.04 bits per heavy atom. The van der Waals surface area contributed by atoms with Gasteiger partial charge >= 0.3 is 0 Å². The highest BCUT2D eigenvalue weighted by atomic mass is 15.1. The lowest BCUT2D eigenvalue weighted by atomic mass is 9.79. The molecule has 0 bridgehead atoms. The molecule has 0 fully saturated rings. The quantitative estimate of drug-likeness (QED) is 0.559. The molecule has 23 heavy (non-hydrogen) atoms. The first kappa shape index (κ1) is 18.4. The van der Waals surface area contributed by atoms with E-state index in [1.165, 1.54) is 18.5 Å². The van der Waals surface area contributed by atoms with Crippen LogP contribution in [0.15, 0.2) is 18.2 Å². The fourth-order valence-corrected chi connectivity index (χ4v) is 4.76. The first-order chi connectivity index (χ1) is 10.9. The van der Waals surface area contributed by atoms with E-state index in [0.717, 1.165) is 42.7 Å². The molecule has 0 saturated heterocycles. The van der Waals surface area contributed by atoms with E-state index in [4.69, 9.17) is 0 Å². The normalized spacial score (nSPS) is 23.6. The summed E-state index contributed by atoms with van der Waals surface area (Å²) in [6.45, 7) is 18.8. The predicted octanol–water partition coefficient (Wildman–Crippen LogP) is 6.44. The van der Waals surface area contributed by atoms with E-state index < -0.39 is 0 Å². The van der Waals surface area contributed by atoms with Crippen LogP contribution in [0.3, 0.4) is 0 Å². The summed E-state index contributed by atoms with van der Waals surface area (Å²) in [6.07, 6.45) is 2.53. The van der Waals surface area contributed by atoms with Gasteiger partial charge in [0.15, 0.2) is 0 Å². The third-order valence-corrected chi connectivity index (χ3v) is 5.71. The van der Waals surface area contributed by atoms with Crippen LogP contribution in [0.25, 0.3) is 0 Å². The van der Waals surface area contributed by atoms with Crippen LogP contribution < -0.4 is 4.90 Å². The molecule has 1 heteroatoms. The van der Waals surface area contributed by atoms with E-state index in [1.807, 2.05) is 0 Å². The second-order valence-corrected chi connectivity index (χ2v) is 8.26. The Balaban J connectivity index is 2.42. The third-order valence-electron chi connectivity index (χ3n) is 5.71. The van der Waals surface area contributed by atoms with Crippen molar-refractivity contribution >= 4 is 5.69 Å². The predicted molar refractivity (Wildman–Crippen MR) is 104 cm³/mol. The van der Waals surface area contributed by atoms with Gasteiger partial charge in [-0.25, -0.2) is 0 Å². The summed E-state index contributed by atoms with van der Waals surface area (Å²) >= 11 is 0. The highest BCUT2D eigenvalue weighted by Crippen LogP contribution is 2.52. The second kappa shape index (κ2) is 7.73. The smallest absolute Gasteiger partial charge is 0.0369 e. The zero-order chi connectivity index (χ0) is 17.1. The molecule has 2 rings (SSSR count). The number of nitrogens with zero attached hydrogens (tertiary/aromatic N) is 1. The van der Waals surface area contributed by atoms with Crippen molar-refractivity contribution in [1.29, 1.82) is 0 Å². The van der Waals surface area contributed by atoms with E-state index >= 15 is 0 Å². The molecule has 0 amide bonds. The average Bonchev–Trinajstić information content (AvgIpc) is 2.76. The summed E-state index contributed by atoms with van der Waals surface area (Å²) in [5.74, 6) is 3.72. The van der Waals surface area contributed by atoms with E-state index in [-0.39, 0.29) is 0 Å². The number of hydrogen-bond donors (Lipinski definition) is 0. The highest BCUT2D eigenvalue weighted by molar-refractivity contribution is 5.55. The Morgan fingerprint density at radius 2 is 1.74 bits per heavy atom. The number of benzene rings is 1. The second-order valence-electron chi connectivity index (χ2n) is 8.26. The average molecular weight is 316 g/mol. The topological polar surface area (TPSA) is 3.24 Å². The Labute approximate surface area is 144 Å². The summed E-state index contributed by atoms with van der Waals surface area (Å²) in [5.41, 5.74) is 4.71. The van der Waals surface area contributed by atoms with Crippen molar-refractivity contribution in [3.8, 4) is 0 Å². The fraction of sp³-hybridized carbons (Fsp3) is 0.727. The van der Waals surface area contributed by atoms with Crippen molar-refractivity contribution in [3.63, 3.8) is 0 Å². The summed E-state index contributed by atoms with van der Waals surface area (Å²) in [4.78, 5) is 2.53. The minimum atomic E-state index is 0.726. The van der Waals surface area contributed by atoms with Gasteiger partial charge in [0, 0.05) is 18.8 Å². The minimum Gasteiger partial charge on any atom is -0.372 e. The first-order valence-corrected chi connectivity index (χ1v) is 9.79. The standard InChI is InChI=1S/C22H37N/c1-8-12-23(9-2)18-10-11-19-21(14-18)20(13-15(3)4)17(7)22(19)16(5)6/h10-11,14-17,20,22H,8-9,12-13H2,1-7H3. The van der Waals surface area contributed by atoms with E-state index in [2.05, 4.69) is 71.6 Å². The van der Waals surface area contributed by atoms with Crippen molar-refractivity contribution < 1.29 is 0 Å². The first-order valence-electron chi connectivity index (χ1n) is 9.79. The van der Waals surface area contributed by atoms with Crippen LogP contribution in [-0.2, 0) is 0 Å². The van der Waals surface area contributed by atoms with Crippen molar-refractivity contribution in [3.05, 3.63) is 29.3 Å². The van der Waals surface area contributed by atoms with Crippen molar-refractivity contribution in [1.82, 2.24) is 0 Å². The molecule has 0 aliphatic heterocycles.